The van der Waals surface area contributed by atoms with E-state index in [1.807, 2.05) is 6.92 Å². The summed E-state index contributed by atoms with van der Waals surface area (Å²) in [5, 5.41) is 0. The highest BCUT2D eigenvalue weighted by Gasteiger charge is 2.12. The summed E-state index contributed by atoms with van der Waals surface area (Å²) in [5.74, 6) is -0.403. The quantitative estimate of drug-likeness (QED) is 0.239. The summed E-state index contributed by atoms with van der Waals surface area (Å²) in [4.78, 5) is 11.1. The Labute approximate surface area is 105 Å². The summed E-state index contributed by atoms with van der Waals surface area (Å²) in [7, 11) is 0. The maximum absolute atomic E-state index is 11.1. The summed E-state index contributed by atoms with van der Waals surface area (Å²) >= 11 is 0. The van der Waals surface area contributed by atoms with Gasteiger partial charge in [-0.05, 0) is 12.8 Å². The second-order valence-electron chi connectivity index (χ2n) is 4.14. The zero-order chi connectivity index (χ0) is 12.9. The number of carbonyl (C=O) groups excluding carboxylic acids is 1. The van der Waals surface area contributed by atoms with Crippen LogP contribution in [0.3, 0.4) is 0 Å². The molecule has 0 aromatic carbocycles. The number of unbranched alkanes of at least 4 members (excludes halogenated alkanes) is 4. The third-order valence-corrected chi connectivity index (χ3v) is 2.47. The van der Waals surface area contributed by atoms with Crippen LogP contribution >= 0.6 is 0 Å². The highest BCUT2D eigenvalue weighted by Crippen LogP contribution is 2.11. The van der Waals surface area contributed by atoms with Crippen molar-refractivity contribution in [3.8, 4) is 0 Å². The summed E-state index contributed by atoms with van der Waals surface area (Å²) in [6.07, 6.45) is 8.45. The Morgan fingerprint density at radius 3 is 2.47 bits per heavy atom. The number of carbonyl (C=O) groups is 1. The molecule has 0 heterocycles. The summed E-state index contributed by atoms with van der Waals surface area (Å²) in [5.41, 5.74) is 0. The van der Waals surface area contributed by atoms with Crippen molar-refractivity contribution >= 4 is 5.97 Å². The summed E-state index contributed by atoms with van der Waals surface area (Å²) in [6.45, 7) is 8.24. The van der Waals surface area contributed by atoms with Gasteiger partial charge >= 0.3 is 5.97 Å². The van der Waals surface area contributed by atoms with Crippen molar-refractivity contribution in [1.29, 1.82) is 0 Å². The minimum Gasteiger partial charge on any atom is -0.433 e. The maximum atomic E-state index is 11.1. The SMILES string of the molecule is C=CC(=O)OC(CCCCCCC)OCCC. The molecular formula is C14H26O3. The van der Waals surface area contributed by atoms with E-state index in [9.17, 15) is 4.79 Å². The van der Waals surface area contributed by atoms with Crippen LogP contribution in [0.15, 0.2) is 12.7 Å². The normalized spacial score (nSPS) is 12.1. The van der Waals surface area contributed by atoms with Crippen molar-refractivity contribution < 1.29 is 14.3 Å². The maximum Gasteiger partial charge on any atom is 0.332 e. The first-order valence-corrected chi connectivity index (χ1v) is 6.69. The zero-order valence-electron chi connectivity index (χ0n) is 11.2. The molecule has 0 aromatic heterocycles. The first-order chi connectivity index (χ1) is 8.24. The fraction of sp³-hybridized carbons (Fsp3) is 0.786. The van der Waals surface area contributed by atoms with Crippen molar-refractivity contribution in [2.24, 2.45) is 0 Å². The van der Waals surface area contributed by atoms with Crippen LogP contribution in [0, 0.1) is 0 Å². The Balaban J connectivity index is 3.76. The van der Waals surface area contributed by atoms with Crippen molar-refractivity contribution in [2.75, 3.05) is 6.61 Å². The molecule has 0 spiro atoms. The van der Waals surface area contributed by atoms with Crippen LogP contribution in [0.4, 0.5) is 0 Å². The Kier molecular flexibility index (Phi) is 11.1. The van der Waals surface area contributed by atoms with E-state index >= 15 is 0 Å². The molecule has 1 unspecified atom stereocenters. The number of esters is 1. The van der Waals surface area contributed by atoms with Gasteiger partial charge in [-0.25, -0.2) is 4.79 Å². The number of ether oxygens (including phenoxy) is 2. The minimum absolute atomic E-state index is 0.401. The van der Waals surface area contributed by atoms with Crippen molar-refractivity contribution in [1.82, 2.24) is 0 Å². The molecule has 0 amide bonds. The van der Waals surface area contributed by atoms with Crippen LogP contribution in [0.1, 0.15) is 58.8 Å². The molecule has 0 aromatic rings. The molecule has 0 saturated carbocycles. The average Bonchev–Trinajstić information content (AvgIpc) is 2.35. The second kappa shape index (κ2) is 11.6. The predicted octanol–water partition coefficient (Wildman–Crippen LogP) is 3.83. The summed E-state index contributed by atoms with van der Waals surface area (Å²) in [6, 6.07) is 0. The van der Waals surface area contributed by atoms with Crippen molar-refractivity contribution in [2.45, 2.75) is 65.1 Å². The van der Waals surface area contributed by atoms with Gasteiger partial charge in [-0.2, -0.15) is 0 Å². The fourth-order valence-electron chi connectivity index (χ4n) is 1.52. The standard InChI is InChI=1S/C14H26O3/c1-4-7-8-9-10-11-14(16-12-5-2)17-13(15)6-3/h6,14H,3-5,7-12H2,1-2H3. The van der Waals surface area contributed by atoms with E-state index in [4.69, 9.17) is 9.47 Å². The van der Waals surface area contributed by atoms with Crippen LogP contribution in [0.25, 0.3) is 0 Å². The van der Waals surface area contributed by atoms with E-state index in [0.29, 0.717) is 6.61 Å². The lowest BCUT2D eigenvalue weighted by molar-refractivity contribution is -0.174. The van der Waals surface area contributed by atoms with Crippen molar-refractivity contribution in [3.63, 3.8) is 0 Å². The minimum atomic E-state index is -0.403. The van der Waals surface area contributed by atoms with Crippen LogP contribution in [-0.4, -0.2) is 18.9 Å². The number of rotatable bonds is 11. The molecule has 0 N–H and O–H groups in total. The van der Waals surface area contributed by atoms with E-state index < -0.39 is 12.3 Å². The molecule has 1 atom stereocenters. The van der Waals surface area contributed by atoms with E-state index in [2.05, 4.69) is 13.5 Å². The monoisotopic (exact) mass is 242 g/mol. The third-order valence-electron chi connectivity index (χ3n) is 2.47. The molecule has 0 saturated heterocycles. The lowest BCUT2D eigenvalue weighted by Gasteiger charge is -2.17. The molecule has 0 fully saturated rings. The Morgan fingerprint density at radius 2 is 1.88 bits per heavy atom. The van der Waals surface area contributed by atoms with Crippen molar-refractivity contribution in [3.05, 3.63) is 12.7 Å². The number of hydrogen-bond donors (Lipinski definition) is 0. The molecule has 17 heavy (non-hydrogen) atoms. The number of hydrogen-bond acceptors (Lipinski definition) is 3. The Morgan fingerprint density at radius 1 is 1.18 bits per heavy atom. The van der Waals surface area contributed by atoms with Gasteiger partial charge in [0.1, 0.15) is 0 Å². The highest BCUT2D eigenvalue weighted by atomic mass is 16.7. The van der Waals surface area contributed by atoms with Gasteiger partial charge in [0.2, 0.25) is 6.29 Å². The van der Waals surface area contributed by atoms with E-state index in [-0.39, 0.29) is 0 Å². The molecule has 0 aliphatic carbocycles. The van der Waals surface area contributed by atoms with E-state index in [1.54, 1.807) is 0 Å². The highest BCUT2D eigenvalue weighted by molar-refractivity contribution is 5.81. The molecule has 100 valence electrons. The van der Waals surface area contributed by atoms with Gasteiger partial charge in [0.15, 0.2) is 0 Å². The molecule has 3 nitrogen and oxygen atoms in total. The van der Waals surface area contributed by atoms with Gasteiger partial charge in [0.05, 0.1) is 6.61 Å². The molecule has 0 rings (SSSR count). The van der Waals surface area contributed by atoms with E-state index in [0.717, 1.165) is 19.3 Å². The summed E-state index contributed by atoms with van der Waals surface area (Å²) < 4.78 is 10.6. The van der Waals surface area contributed by atoms with Gasteiger partial charge in [0, 0.05) is 12.5 Å². The fourth-order valence-corrected chi connectivity index (χ4v) is 1.52. The first-order valence-electron chi connectivity index (χ1n) is 6.69. The molecule has 0 aliphatic rings. The van der Waals surface area contributed by atoms with E-state index in [1.165, 1.54) is 31.8 Å². The Hall–Kier alpha value is -0.830. The molecular weight excluding hydrogens is 216 g/mol. The molecule has 3 heteroatoms. The van der Waals surface area contributed by atoms with Gasteiger partial charge < -0.3 is 9.47 Å². The average molecular weight is 242 g/mol. The second-order valence-corrected chi connectivity index (χ2v) is 4.14. The third kappa shape index (κ3) is 10.1. The topological polar surface area (TPSA) is 35.5 Å². The largest absolute Gasteiger partial charge is 0.433 e. The zero-order valence-corrected chi connectivity index (χ0v) is 11.2. The lowest BCUT2D eigenvalue weighted by atomic mass is 10.1. The van der Waals surface area contributed by atoms with Gasteiger partial charge in [-0.1, -0.05) is 46.1 Å². The van der Waals surface area contributed by atoms with Gasteiger partial charge in [0.25, 0.3) is 0 Å². The van der Waals surface area contributed by atoms with Gasteiger partial charge in [-0.3, -0.25) is 0 Å². The Bertz CT molecular complexity index is 202. The van der Waals surface area contributed by atoms with Gasteiger partial charge in [-0.15, -0.1) is 0 Å². The van der Waals surface area contributed by atoms with Crippen LogP contribution in [0.2, 0.25) is 0 Å². The van der Waals surface area contributed by atoms with Crippen LogP contribution in [-0.2, 0) is 14.3 Å². The molecule has 0 radical (unpaired) electrons. The van der Waals surface area contributed by atoms with Crippen LogP contribution in [0.5, 0.6) is 0 Å². The van der Waals surface area contributed by atoms with Crippen LogP contribution < -0.4 is 0 Å². The lowest BCUT2D eigenvalue weighted by Crippen LogP contribution is -2.20. The predicted molar refractivity (Wildman–Crippen MR) is 69.7 cm³/mol. The first kappa shape index (κ1) is 16.2. The smallest absolute Gasteiger partial charge is 0.332 e. The molecule has 0 aliphatic heterocycles. The molecule has 0 bridgehead atoms.